The van der Waals surface area contributed by atoms with Crippen molar-refractivity contribution in [3.63, 3.8) is 0 Å². The average molecular weight is 435 g/mol. The zero-order valence-electron chi connectivity index (χ0n) is 14.2. The third kappa shape index (κ3) is 4.51. The molecule has 0 radical (unpaired) electrons. The number of benzene rings is 2. The number of thiazole rings is 1. The summed E-state index contributed by atoms with van der Waals surface area (Å²) in [4.78, 5) is 17.7. The Morgan fingerprint density at radius 3 is 2.57 bits per heavy atom. The lowest BCUT2D eigenvalue weighted by atomic mass is 10.1. The van der Waals surface area contributed by atoms with Crippen molar-refractivity contribution >= 4 is 50.8 Å². The van der Waals surface area contributed by atoms with Gasteiger partial charge in [0.2, 0.25) is 0 Å². The normalized spacial score (nSPS) is 11.2. The molecule has 0 saturated carbocycles. The van der Waals surface area contributed by atoms with Gasteiger partial charge < -0.3 is 11.1 Å². The molecule has 150 valence electrons. The molecule has 3 N–H and O–H groups in total. The number of anilines is 2. The minimum Gasteiger partial charge on any atom is -0.336 e. The first-order valence-electron chi connectivity index (χ1n) is 7.81. The summed E-state index contributed by atoms with van der Waals surface area (Å²) in [7, 11) is 0. The number of alkyl halides is 3. The summed E-state index contributed by atoms with van der Waals surface area (Å²) >= 11 is 1.05. The molecule has 28 heavy (non-hydrogen) atoms. The summed E-state index contributed by atoms with van der Waals surface area (Å²) in [5.41, 5.74) is 4.10. The number of rotatable bonds is 4. The van der Waals surface area contributed by atoms with Crippen molar-refractivity contribution in [2.45, 2.75) is 6.18 Å². The molecule has 1 heterocycles. The fourth-order valence-electron chi connectivity index (χ4n) is 2.44. The van der Waals surface area contributed by atoms with Gasteiger partial charge in [-0.25, -0.2) is 19.1 Å². The second kappa shape index (κ2) is 8.72. The molecule has 3 aromatic rings. The van der Waals surface area contributed by atoms with Gasteiger partial charge in [0.25, 0.3) is 0 Å². The molecule has 0 aliphatic heterocycles. The number of carbonyl (C=O) groups is 1. The smallest absolute Gasteiger partial charge is 0.336 e. The van der Waals surface area contributed by atoms with Crippen LogP contribution in [0.5, 0.6) is 0 Å². The number of nitrogens with one attached hydrogen (secondary N) is 1. The number of nitrogens with two attached hydrogens (primary N) is 1. The van der Waals surface area contributed by atoms with Crippen molar-refractivity contribution in [3.05, 3.63) is 53.8 Å². The Labute approximate surface area is 167 Å². The van der Waals surface area contributed by atoms with Gasteiger partial charge in [-0.2, -0.15) is 13.2 Å². The van der Waals surface area contributed by atoms with E-state index in [1.54, 1.807) is 24.3 Å². The Hall–Kier alpha value is -2.43. The van der Waals surface area contributed by atoms with Crippen LogP contribution < -0.4 is 16.0 Å². The van der Waals surface area contributed by atoms with Crippen LogP contribution in [0.3, 0.4) is 0 Å². The van der Waals surface area contributed by atoms with Crippen LogP contribution in [0.25, 0.3) is 10.2 Å². The number of fused-ring (bicyclic) bond motifs is 1. The minimum absolute atomic E-state index is 0. The van der Waals surface area contributed by atoms with E-state index in [1.165, 1.54) is 0 Å². The molecule has 11 heteroatoms. The molecule has 0 spiro atoms. The molecular weight excluding hydrogens is 420 g/mol. The highest BCUT2D eigenvalue weighted by Crippen LogP contribution is 2.41. The van der Waals surface area contributed by atoms with E-state index in [2.05, 4.69) is 10.3 Å². The highest BCUT2D eigenvalue weighted by Gasteiger charge is 2.37. The number of halogens is 5. The summed E-state index contributed by atoms with van der Waals surface area (Å²) in [6.07, 6.45) is -4.86. The number of nitrogens with zero attached hydrogens (tertiary/aromatic N) is 2. The third-order valence-electron chi connectivity index (χ3n) is 3.60. The number of carbonyl (C=O) groups excluding carboxylic acids is 1. The van der Waals surface area contributed by atoms with E-state index in [0.717, 1.165) is 28.4 Å². The van der Waals surface area contributed by atoms with Gasteiger partial charge in [0.15, 0.2) is 5.13 Å². The van der Waals surface area contributed by atoms with E-state index in [4.69, 9.17) is 5.73 Å². The van der Waals surface area contributed by atoms with Crippen molar-refractivity contribution in [3.8, 4) is 0 Å². The quantitative estimate of drug-likeness (QED) is 0.585. The van der Waals surface area contributed by atoms with Gasteiger partial charge in [-0.15, -0.1) is 12.4 Å². The molecule has 0 aliphatic carbocycles. The van der Waals surface area contributed by atoms with Gasteiger partial charge in [0.05, 0.1) is 21.5 Å². The van der Waals surface area contributed by atoms with Crippen molar-refractivity contribution in [1.29, 1.82) is 0 Å². The summed E-state index contributed by atoms with van der Waals surface area (Å²) in [5, 5.41) is 2.46. The zero-order chi connectivity index (χ0) is 19.6. The lowest BCUT2D eigenvalue weighted by Gasteiger charge is -2.24. The molecule has 2 amide bonds. The van der Waals surface area contributed by atoms with Crippen LogP contribution in [0.15, 0.2) is 42.5 Å². The number of hydrogen-bond acceptors (Lipinski definition) is 4. The van der Waals surface area contributed by atoms with Gasteiger partial charge in [-0.1, -0.05) is 23.5 Å². The maximum Gasteiger partial charge on any atom is 0.418 e. The number of para-hydroxylation sites is 1. The second-order valence-electron chi connectivity index (χ2n) is 5.48. The summed E-state index contributed by atoms with van der Waals surface area (Å²) in [6.45, 7) is 0.164. The Kier molecular flexibility index (Phi) is 6.81. The second-order valence-corrected chi connectivity index (χ2v) is 6.49. The van der Waals surface area contributed by atoms with Crippen LogP contribution in [0.4, 0.5) is 33.2 Å². The molecule has 5 nitrogen and oxygen atoms in total. The monoisotopic (exact) mass is 434 g/mol. The summed E-state index contributed by atoms with van der Waals surface area (Å²) < 4.78 is 54.5. The maximum absolute atomic E-state index is 13.5. The number of hydrogen-bond donors (Lipinski definition) is 2. The maximum atomic E-state index is 13.5. The Balaban J connectivity index is 0.00000280. The van der Waals surface area contributed by atoms with Gasteiger partial charge in [-0.3, -0.25) is 0 Å². The Bertz CT molecular complexity index is 946. The van der Waals surface area contributed by atoms with E-state index in [-0.39, 0.29) is 30.6 Å². The number of amides is 2. The fourth-order valence-corrected chi connectivity index (χ4v) is 3.42. The highest BCUT2D eigenvalue weighted by atomic mass is 35.5. The van der Waals surface area contributed by atoms with Crippen LogP contribution in [-0.4, -0.2) is 24.1 Å². The first-order valence-corrected chi connectivity index (χ1v) is 8.63. The Morgan fingerprint density at radius 1 is 1.21 bits per heavy atom. The van der Waals surface area contributed by atoms with Crippen molar-refractivity contribution in [2.75, 3.05) is 18.0 Å². The Morgan fingerprint density at radius 2 is 1.93 bits per heavy atom. The highest BCUT2D eigenvalue weighted by molar-refractivity contribution is 7.22. The molecule has 0 atom stereocenters. The molecule has 3 rings (SSSR count). The standard InChI is InChI=1S/C17H14F4N4OS.ClH/c18-10-5-6-13(11(9-10)17(19,20)21)25(15(26)23-8-7-22)16-24-12-3-1-2-4-14(12)27-16;/h1-6,9H,7-8,22H2,(H,23,26);1H. The molecule has 1 aromatic heterocycles. The van der Waals surface area contributed by atoms with E-state index in [0.29, 0.717) is 16.3 Å². The van der Waals surface area contributed by atoms with Crippen LogP contribution in [-0.2, 0) is 6.18 Å². The number of aromatic nitrogens is 1. The predicted molar refractivity (Wildman–Crippen MR) is 103 cm³/mol. The largest absolute Gasteiger partial charge is 0.418 e. The molecule has 2 aromatic carbocycles. The van der Waals surface area contributed by atoms with Crippen LogP contribution >= 0.6 is 23.7 Å². The van der Waals surface area contributed by atoms with Crippen LogP contribution in [0.1, 0.15) is 5.56 Å². The molecule has 0 saturated heterocycles. The van der Waals surface area contributed by atoms with Crippen LogP contribution in [0.2, 0.25) is 0 Å². The van der Waals surface area contributed by atoms with Gasteiger partial charge >= 0.3 is 12.2 Å². The first-order chi connectivity index (χ1) is 12.8. The van der Waals surface area contributed by atoms with E-state index < -0.39 is 29.3 Å². The summed E-state index contributed by atoms with van der Waals surface area (Å²) in [6, 6.07) is 8.18. The first kappa shape index (κ1) is 21.9. The zero-order valence-corrected chi connectivity index (χ0v) is 15.8. The topological polar surface area (TPSA) is 71.2 Å². The molecule has 0 unspecified atom stereocenters. The average Bonchev–Trinajstić information content (AvgIpc) is 3.04. The van der Waals surface area contributed by atoms with Gasteiger partial charge in [0.1, 0.15) is 5.82 Å². The minimum atomic E-state index is -4.86. The van der Waals surface area contributed by atoms with Crippen molar-refractivity contribution in [1.82, 2.24) is 10.3 Å². The molecule has 0 bridgehead atoms. The fraction of sp³-hybridized carbons (Fsp3) is 0.176. The molecular formula is C17H15ClF4N4OS. The lowest BCUT2D eigenvalue weighted by molar-refractivity contribution is -0.137. The third-order valence-corrected chi connectivity index (χ3v) is 4.62. The van der Waals surface area contributed by atoms with E-state index in [1.807, 2.05) is 0 Å². The lowest BCUT2D eigenvalue weighted by Crippen LogP contribution is -2.40. The van der Waals surface area contributed by atoms with E-state index in [9.17, 15) is 22.4 Å². The number of urea groups is 1. The van der Waals surface area contributed by atoms with Crippen molar-refractivity contribution < 1.29 is 22.4 Å². The predicted octanol–water partition coefficient (Wildman–Crippen LogP) is 4.68. The van der Waals surface area contributed by atoms with Gasteiger partial charge in [0, 0.05) is 13.1 Å². The summed E-state index contributed by atoms with van der Waals surface area (Å²) in [5.74, 6) is -1.06. The SMILES string of the molecule is Cl.NCCNC(=O)N(c1nc2ccccc2s1)c1ccc(F)cc1C(F)(F)F. The van der Waals surface area contributed by atoms with Crippen LogP contribution in [0, 0.1) is 5.82 Å². The van der Waals surface area contributed by atoms with Crippen molar-refractivity contribution in [2.24, 2.45) is 5.73 Å². The molecule has 0 fully saturated rings. The van der Waals surface area contributed by atoms with E-state index >= 15 is 0 Å². The molecule has 0 aliphatic rings. The van der Waals surface area contributed by atoms with Gasteiger partial charge in [-0.05, 0) is 30.3 Å².